The van der Waals surface area contributed by atoms with Crippen molar-refractivity contribution in [3.05, 3.63) is 24.3 Å². The number of benzene rings is 1. The highest BCUT2D eigenvalue weighted by atomic mass is 16.5. The van der Waals surface area contributed by atoms with Crippen LogP contribution in [0.5, 0.6) is 0 Å². The van der Waals surface area contributed by atoms with Gasteiger partial charge in [-0.3, -0.25) is 4.79 Å². The molecule has 25 heavy (non-hydrogen) atoms. The molecule has 136 valence electrons. The van der Waals surface area contributed by atoms with E-state index in [1.165, 1.54) is 0 Å². The summed E-state index contributed by atoms with van der Waals surface area (Å²) in [7, 11) is 1.67. The number of methoxy groups -OCH3 is 1. The van der Waals surface area contributed by atoms with E-state index in [1.807, 2.05) is 33.7 Å². The minimum Gasteiger partial charge on any atom is -0.383 e. The van der Waals surface area contributed by atoms with Crippen LogP contribution in [0.15, 0.2) is 24.3 Å². The fraction of sp³-hybridized carbons (Fsp3) is 0.556. The van der Waals surface area contributed by atoms with E-state index in [1.54, 1.807) is 7.11 Å². The van der Waals surface area contributed by atoms with Crippen LogP contribution >= 0.6 is 0 Å². The van der Waals surface area contributed by atoms with Gasteiger partial charge in [-0.2, -0.15) is 0 Å². The van der Waals surface area contributed by atoms with Gasteiger partial charge in [0.15, 0.2) is 0 Å². The lowest BCUT2D eigenvalue weighted by atomic mass is 10.3. The number of imidazole rings is 1. The molecule has 7 heteroatoms. The van der Waals surface area contributed by atoms with Crippen LogP contribution in [0.25, 0.3) is 11.0 Å². The number of aromatic nitrogens is 2. The van der Waals surface area contributed by atoms with Crippen LogP contribution in [0.3, 0.4) is 0 Å². The fourth-order valence-corrected chi connectivity index (χ4v) is 3.18. The van der Waals surface area contributed by atoms with E-state index in [2.05, 4.69) is 22.1 Å². The highest BCUT2D eigenvalue weighted by Gasteiger charge is 2.22. The van der Waals surface area contributed by atoms with Crippen molar-refractivity contribution in [3.8, 4) is 0 Å². The van der Waals surface area contributed by atoms with E-state index in [9.17, 15) is 4.79 Å². The molecule has 2 aromatic rings. The zero-order chi connectivity index (χ0) is 17.6. The van der Waals surface area contributed by atoms with Crippen molar-refractivity contribution in [2.24, 2.45) is 0 Å². The number of rotatable bonds is 7. The van der Waals surface area contributed by atoms with Gasteiger partial charge in [0.25, 0.3) is 0 Å². The van der Waals surface area contributed by atoms with E-state index in [0.717, 1.165) is 49.7 Å². The Morgan fingerprint density at radius 3 is 2.72 bits per heavy atom. The molecule has 3 rings (SSSR count). The van der Waals surface area contributed by atoms with Crippen molar-refractivity contribution >= 4 is 22.9 Å². The van der Waals surface area contributed by atoms with Gasteiger partial charge in [0.05, 0.1) is 17.6 Å². The van der Waals surface area contributed by atoms with Gasteiger partial charge >= 0.3 is 0 Å². The summed E-state index contributed by atoms with van der Waals surface area (Å²) in [6, 6.07) is 7.91. The Morgan fingerprint density at radius 2 is 2.00 bits per heavy atom. The molecule has 1 aliphatic heterocycles. The molecule has 1 N–H and O–H groups in total. The number of ether oxygens (including phenoxy) is 1. The molecular formula is C18H27N5O2. The van der Waals surface area contributed by atoms with Crippen molar-refractivity contribution in [2.45, 2.75) is 13.5 Å². The number of hydrogen-bond donors (Lipinski definition) is 1. The number of nitrogens with zero attached hydrogens (tertiary/aromatic N) is 4. The Kier molecular flexibility index (Phi) is 5.88. The summed E-state index contributed by atoms with van der Waals surface area (Å²) >= 11 is 0. The normalized spacial score (nSPS) is 15.7. The topological polar surface area (TPSA) is 62.6 Å². The van der Waals surface area contributed by atoms with Crippen LogP contribution < -0.4 is 5.32 Å². The van der Waals surface area contributed by atoms with Gasteiger partial charge in [-0.1, -0.05) is 19.1 Å². The third-order valence-corrected chi connectivity index (χ3v) is 4.71. The SMILES string of the molecule is CCN1CCN(C(=O)Cn2c(NCCOC)nc3ccccc32)CC1. The highest BCUT2D eigenvalue weighted by Crippen LogP contribution is 2.20. The lowest BCUT2D eigenvalue weighted by molar-refractivity contribution is -0.133. The largest absolute Gasteiger partial charge is 0.383 e. The molecular weight excluding hydrogens is 318 g/mol. The smallest absolute Gasteiger partial charge is 0.242 e. The number of amides is 1. The monoisotopic (exact) mass is 345 g/mol. The molecule has 0 spiro atoms. The molecule has 1 saturated heterocycles. The Balaban J connectivity index is 1.75. The highest BCUT2D eigenvalue weighted by molar-refractivity contribution is 5.83. The maximum absolute atomic E-state index is 12.8. The lowest BCUT2D eigenvalue weighted by Gasteiger charge is -2.34. The number of nitrogens with one attached hydrogen (secondary N) is 1. The van der Waals surface area contributed by atoms with Crippen LogP contribution in [0.2, 0.25) is 0 Å². The standard InChI is InChI=1S/C18H27N5O2/c1-3-21-9-11-22(12-10-21)17(24)14-23-16-7-5-4-6-15(16)20-18(23)19-8-13-25-2/h4-7H,3,8-14H2,1-2H3,(H,19,20). The average Bonchev–Trinajstić information content (AvgIpc) is 2.99. The van der Waals surface area contributed by atoms with Gasteiger partial charge in [0, 0.05) is 39.8 Å². The van der Waals surface area contributed by atoms with Gasteiger partial charge in [-0.25, -0.2) is 4.98 Å². The van der Waals surface area contributed by atoms with E-state index in [-0.39, 0.29) is 5.91 Å². The van der Waals surface area contributed by atoms with Crippen molar-refractivity contribution in [3.63, 3.8) is 0 Å². The predicted octanol–water partition coefficient (Wildman–Crippen LogP) is 1.26. The molecule has 1 aromatic heterocycles. The fourth-order valence-electron chi connectivity index (χ4n) is 3.18. The second-order valence-corrected chi connectivity index (χ2v) is 6.24. The Bertz CT molecular complexity index is 707. The number of piperazine rings is 1. The number of fused-ring (bicyclic) bond motifs is 1. The summed E-state index contributed by atoms with van der Waals surface area (Å²) < 4.78 is 7.07. The first-order valence-electron chi connectivity index (χ1n) is 8.91. The molecule has 2 heterocycles. The summed E-state index contributed by atoms with van der Waals surface area (Å²) in [5, 5.41) is 3.28. The number of carbonyl (C=O) groups excluding carboxylic acids is 1. The van der Waals surface area contributed by atoms with Gasteiger partial charge < -0.3 is 24.4 Å². The van der Waals surface area contributed by atoms with Gasteiger partial charge in [0.1, 0.15) is 6.54 Å². The molecule has 0 atom stereocenters. The Labute approximate surface area is 148 Å². The van der Waals surface area contributed by atoms with Crippen LogP contribution in [-0.4, -0.2) is 78.2 Å². The van der Waals surface area contributed by atoms with Gasteiger partial charge in [0.2, 0.25) is 11.9 Å². The Hall–Kier alpha value is -2.12. The van der Waals surface area contributed by atoms with Crippen LogP contribution in [0, 0.1) is 0 Å². The third kappa shape index (κ3) is 4.11. The summed E-state index contributed by atoms with van der Waals surface area (Å²) in [5.41, 5.74) is 1.87. The predicted molar refractivity (Wildman–Crippen MR) is 98.8 cm³/mol. The number of para-hydroxylation sites is 2. The maximum atomic E-state index is 12.8. The summed E-state index contributed by atoms with van der Waals surface area (Å²) in [6.45, 7) is 8.26. The molecule has 1 fully saturated rings. The van der Waals surface area contributed by atoms with Crippen molar-refractivity contribution < 1.29 is 9.53 Å². The molecule has 1 aliphatic rings. The molecule has 0 unspecified atom stereocenters. The number of carbonyl (C=O) groups is 1. The molecule has 1 aromatic carbocycles. The molecule has 1 amide bonds. The first kappa shape index (κ1) is 17.7. The second kappa shape index (κ2) is 8.31. The zero-order valence-corrected chi connectivity index (χ0v) is 15.1. The first-order valence-corrected chi connectivity index (χ1v) is 8.91. The molecule has 0 radical (unpaired) electrons. The zero-order valence-electron chi connectivity index (χ0n) is 15.1. The van der Waals surface area contributed by atoms with Crippen LogP contribution in [0.1, 0.15) is 6.92 Å². The molecule has 7 nitrogen and oxygen atoms in total. The lowest BCUT2D eigenvalue weighted by Crippen LogP contribution is -2.49. The summed E-state index contributed by atoms with van der Waals surface area (Å²) in [6.07, 6.45) is 0. The van der Waals surface area contributed by atoms with Crippen molar-refractivity contribution in [1.29, 1.82) is 0 Å². The van der Waals surface area contributed by atoms with Crippen LogP contribution in [0.4, 0.5) is 5.95 Å². The van der Waals surface area contributed by atoms with Crippen molar-refractivity contribution in [1.82, 2.24) is 19.4 Å². The maximum Gasteiger partial charge on any atom is 0.242 e. The van der Waals surface area contributed by atoms with E-state index in [4.69, 9.17) is 4.74 Å². The number of anilines is 1. The summed E-state index contributed by atoms with van der Waals surface area (Å²) in [4.78, 5) is 21.7. The van der Waals surface area contributed by atoms with Crippen LogP contribution in [-0.2, 0) is 16.1 Å². The third-order valence-electron chi connectivity index (χ3n) is 4.71. The van der Waals surface area contributed by atoms with E-state index >= 15 is 0 Å². The second-order valence-electron chi connectivity index (χ2n) is 6.24. The number of likely N-dealkylation sites (N-methyl/N-ethyl adjacent to an activating group) is 1. The average molecular weight is 345 g/mol. The van der Waals surface area contributed by atoms with Gasteiger partial charge in [-0.05, 0) is 18.7 Å². The minimum atomic E-state index is 0.147. The van der Waals surface area contributed by atoms with Crippen molar-refractivity contribution in [2.75, 3.05) is 58.3 Å². The summed E-state index contributed by atoms with van der Waals surface area (Å²) in [5.74, 6) is 0.868. The Morgan fingerprint density at radius 1 is 1.24 bits per heavy atom. The first-order chi connectivity index (χ1) is 12.2. The molecule has 0 saturated carbocycles. The van der Waals surface area contributed by atoms with Gasteiger partial charge in [-0.15, -0.1) is 0 Å². The quantitative estimate of drug-likeness (QED) is 0.766. The number of hydrogen-bond acceptors (Lipinski definition) is 5. The van der Waals surface area contributed by atoms with E-state index < -0.39 is 0 Å². The molecule has 0 aliphatic carbocycles. The minimum absolute atomic E-state index is 0.147. The molecule has 0 bridgehead atoms. The van der Waals surface area contributed by atoms with E-state index in [0.29, 0.717) is 19.7 Å².